The second kappa shape index (κ2) is 12.3. The maximum absolute atomic E-state index is 13.2. The lowest BCUT2D eigenvalue weighted by Crippen LogP contribution is -2.38. The molecule has 0 bridgehead atoms. The Bertz CT molecular complexity index is 865. The van der Waals surface area contributed by atoms with Crippen LogP contribution in [0.15, 0.2) is 48.5 Å². The van der Waals surface area contributed by atoms with Gasteiger partial charge in [-0.2, -0.15) is 0 Å². The number of morpholine rings is 1. The molecule has 0 aromatic heterocycles. The summed E-state index contributed by atoms with van der Waals surface area (Å²) >= 11 is 0. The fraction of sp³-hybridized carbons (Fsp3) is 0.440. The summed E-state index contributed by atoms with van der Waals surface area (Å²) in [5, 5.41) is 2.98. The number of benzene rings is 2. The minimum absolute atomic E-state index is 0.00692. The molecule has 3 rings (SSSR count). The highest BCUT2D eigenvalue weighted by Crippen LogP contribution is 2.20. The predicted octanol–water partition coefficient (Wildman–Crippen LogP) is 3.15. The normalized spacial score (nSPS) is 14.2. The molecule has 0 radical (unpaired) electrons. The molecule has 1 N–H and O–H groups in total. The minimum Gasteiger partial charge on any atom is -0.379 e. The highest BCUT2D eigenvalue weighted by Gasteiger charge is 2.15. The second-order valence-electron chi connectivity index (χ2n) is 7.96. The third-order valence-electron chi connectivity index (χ3n) is 5.55. The zero-order valence-corrected chi connectivity index (χ0v) is 18.7. The maximum atomic E-state index is 13.2. The number of hydrogen-bond acceptors (Lipinski definition) is 4. The summed E-state index contributed by atoms with van der Waals surface area (Å²) in [4.78, 5) is 28.8. The molecule has 2 aromatic carbocycles. The van der Waals surface area contributed by atoms with Crippen LogP contribution in [0.2, 0.25) is 0 Å². The molecule has 1 heterocycles. The second-order valence-corrected chi connectivity index (χ2v) is 7.96. The van der Waals surface area contributed by atoms with Crippen molar-refractivity contribution >= 4 is 17.5 Å². The molecule has 1 aliphatic heterocycles. The van der Waals surface area contributed by atoms with Crippen molar-refractivity contribution in [2.45, 2.75) is 32.7 Å². The zero-order chi connectivity index (χ0) is 22.8. The van der Waals surface area contributed by atoms with Gasteiger partial charge in [0.2, 0.25) is 11.8 Å². The van der Waals surface area contributed by atoms with Gasteiger partial charge in [-0.05, 0) is 48.4 Å². The van der Waals surface area contributed by atoms with Gasteiger partial charge in [0.05, 0.1) is 26.2 Å². The Labute approximate surface area is 189 Å². The number of carbonyl (C=O) groups excluding carboxylic acids is 2. The molecule has 172 valence electrons. The number of halogens is 1. The molecule has 1 fully saturated rings. The Morgan fingerprint density at radius 2 is 1.69 bits per heavy atom. The van der Waals surface area contributed by atoms with Crippen molar-refractivity contribution < 1.29 is 18.7 Å². The molecule has 0 unspecified atom stereocenters. The highest BCUT2D eigenvalue weighted by atomic mass is 19.1. The van der Waals surface area contributed by atoms with E-state index < -0.39 is 0 Å². The van der Waals surface area contributed by atoms with Crippen molar-refractivity contribution in [3.63, 3.8) is 0 Å². The molecular formula is C25H32FN3O3. The lowest BCUT2D eigenvalue weighted by Gasteiger charge is -2.26. The molecule has 0 saturated carbocycles. The van der Waals surface area contributed by atoms with Gasteiger partial charge in [-0.15, -0.1) is 0 Å². The molecule has 0 aliphatic carbocycles. The van der Waals surface area contributed by atoms with Crippen molar-refractivity contribution in [3.05, 3.63) is 65.5 Å². The number of nitrogens with one attached hydrogen (secondary N) is 1. The number of nitrogens with zero attached hydrogens (tertiary/aromatic N) is 2. The molecular weight excluding hydrogens is 409 g/mol. The van der Waals surface area contributed by atoms with E-state index in [4.69, 9.17) is 4.74 Å². The average molecular weight is 442 g/mol. The molecule has 1 saturated heterocycles. The predicted molar refractivity (Wildman–Crippen MR) is 123 cm³/mol. The summed E-state index contributed by atoms with van der Waals surface area (Å²) in [6, 6.07) is 13.6. The van der Waals surface area contributed by atoms with Crippen LogP contribution in [0.1, 0.15) is 30.9 Å². The maximum Gasteiger partial charge on any atom is 0.227 e. The van der Waals surface area contributed by atoms with Crippen LogP contribution in [0.4, 0.5) is 10.1 Å². The lowest BCUT2D eigenvalue weighted by atomic mass is 10.1. The summed E-state index contributed by atoms with van der Waals surface area (Å²) in [5.41, 5.74) is 2.51. The third kappa shape index (κ3) is 7.43. The van der Waals surface area contributed by atoms with Gasteiger partial charge >= 0.3 is 0 Å². The molecule has 6 nitrogen and oxygen atoms in total. The Hall–Kier alpha value is -2.77. The van der Waals surface area contributed by atoms with Crippen LogP contribution in [-0.4, -0.2) is 56.1 Å². The summed E-state index contributed by atoms with van der Waals surface area (Å²) in [6.07, 6.45) is 1.59. The van der Waals surface area contributed by atoms with Crippen LogP contribution in [0.3, 0.4) is 0 Å². The first-order valence-corrected chi connectivity index (χ1v) is 11.3. The molecule has 0 atom stereocenters. The van der Waals surface area contributed by atoms with Gasteiger partial charge in [0.25, 0.3) is 0 Å². The number of anilines is 1. The van der Waals surface area contributed by atoms with E-state index in [1.54, 1.807) is 17.0 Å². The van der Waals surface area contributed by atoms with E-state index in [9.17, 15) is 14.0 Å². The zero-order valence-electron chi connectivity index (χ0n) is 18.7. The number of amides is 2. The Kier molecular flexibility index (Phi) is 9.19. The first-order valence-electron chi connectivity index (χ1n) is 11.3. The SMILES string of the molecule is CCC(=O)N(Cc1ccc(F)cc1)c1ccc(CC(=O)NCCCN2CCOCC2)cc1. The van der Waals surface area contributed by atoms with Crippen molar-refractivity contribution in [2.75, 3.05) is 44.3 Å². The van der Waals surface area contributed by atoms with E-state index >= 15 is 0 Å². The van der Waals surface area contributed by atoms with E-state index in [0.717, 1.165) is 56.1 Å². The molecule has 7 heteroatoms. The van der Waals surface area contributed by atoms with Crippen LogP contribution in [0.25, 0.3) is 0 Å². The van der Waals surface area contributed by atoms with Crippen LogP contribution < -0.4 is 10.2 Å². The van der Waals surface area contributed by atoms with Gasteiger partial charge in [0.1, 0.15) is 5.82 Å². The fourth-order valence-corrected chi connectivity index (χ4v) is 3.68. The van der Waals surface area contributed by atoms with Gasteiger partial charge < -0.3 is 15.0 Å². The van der Waals surface area contributed by atoms with Crippen molar-refractivity contribution in [1.82, 2.24) is 10.2 Å². The summed E-state index contributed by atoms with van der Waals surface area (Å²) in [7, 11) is 0. The van der Waals surface area contributed by atoms with Gasteiger partial charge in [-0.3, -0.25) is 14.5 Å². The minimum atomic E-state index is -0.300. The first kappa shape index (κ1) is 23.9. The van der Waals surface area contributed by atoms with Crippen molar-refractivity contribution in [2.24, 2.45) is 0 Å². The fourth-order valence-electron chi connectivity index (χ4n) is 3.68. The topological polar surface area (TPSA) is 61.9 Å². The van der Waals surface area contributed by atoms with Crippen molar-refractivity contribution in [3.8, 4) is 0 Å². The summed E-state index contributed by atoms with van der Waals surface area (Å²) in [6.45, 7) is 7.30. The molecule has 0 spiro atoms. The van der Waals surface area contributed by atoms with E-state index in [1.807, 2.05) is 31.2 Å². The van der Waals surface area contributed by atoms with Gasteiger partial charge in [0, 0.05) is 31.7 Å². The van der Waals surface area contributed by atoms with E-state index in [0.29, 0.717) is 25.9 Å². The summed E-state index contributed by atoms with van der Waals surface area (Å²) in [5.74, 6) is -0.321. The smallest absolute Gasteiger partial charge is 0.227 e. The van der Waals surface area contributed by atoms with Crippen LogP contribution in [-0.2, 0) is 27.3 Å². The first-order chi connectivity index (χ1) is 15.5. The number of ether oxygens (including phenoxy) is 1. The van der Waals surface area contributed by atoms with Crippen molar-refractivity contribution in [1.29, 1.82) is 0 Å². The Morgan fingerprint density at radius 3 is 2.34 bits per heavy atom. The van der Waals surface area contributed by atoms with E-state index in [-0.39, 0.29) is 17.6 Å². The molecule has 1 aliphatic rings. The molecule has 2 aromatic rings. The third-order valence-corrected chi connectivity index (χ3v) is 5.55. The van der Waals surface area contributed by atoms with E-state index in [1.165, 1.54) is 12.1 Å². The highest BCUT2D eigenvalue weighted by molar-refractivity contribution is 5.93. The van der Waals surface area contributed by atoms with E-state index in [2.05, 4.69) is 10.2 Å². The standard InChI is InChI=1S/C25H32FN3O3/c1-2-25(31)29(19-21-4-8-22(26)9-5-21)23-10-6-20(7-11-23)18-24(30)27-12-3-13-28-14-16-32-17-15-28/h4-11H,2-3,12-19H2,1H3,(H,27,30). The monoisotopic (exact) mass is 441 g/mol. The van der Waals surface area contributed by atoms with Crippen LogP contribution >= 0.6 is 0 Å². The largest absolute Gasteiger partial charge is 0.379 e. The number of rotatable bonds is 10. The van der Waals surface area contributed by atoms with Gasteiger partial charge in [0.15, 0.2) is 0 Å². The number of carbonyl (C=O) groups is 2. The van der Waals surface area contributed by atoms with Gasteiger partial charge in [-0.1, -0.05) is 31.2 Å². The van der Waals surface area contributed by atoms with Crippen LogP contribution in [0, 0.1) is 5.82 Å². The summed E-state index contributed by atoms with van der Waals surface area (Å²) < 4.78 is 18.5. The van der Waals surface area contributed by atoms with Crippen LogP contribution in [0.5, 0.6) is 0 Å². The average Bonchev–Trinajstić information content (AvgIpc) is 2.82. The lowest BCUT2D eigenvalue weighted by molar-refractivity contribution is -0.120. The Balaban J connectivity index is 1.49. The molecule has 2 amide bonds. The number of hydrogen-bond donors (Lipinski definition) is 1. The van der Waals surface area contributed by atoms with Gasteiger partial charge in [-0.25, -0.2) is 4.39 Å². The molecule has 32 heavy (non-hydrogen) atoms. The quantitative estimate of drug-likeness (QED) is 0.576. The Morgan fingerprint density at radius 1 is 1.03 bits per heavy atom.